The van der Waals surface area contributed by atoms with Crippen molar-refractivity contribution in [2.75, 3.05) is 0 Å². The lowest BCUT2D eigenvalue weighted by atomic mass is 9.88. The van der Waals surface area contributed by atoms with E-state index in [-0.39, 0.29) is 23.4 Å². The number of carbonyl (C=O) groups is 1. The predicted molar refractivity (Wildman–Crippen MR) is 68.7 cm³/mol. The van der Waals surface area contributed by atoms with Crippen LogP contribution in [0.4, 0.5) is 0 Å². The smallest absolute Gasteiger partial charge is 0.225 e. The van der Waals surface area contributed by atoms with Crippen molar-refractivity contribution in [3.63, 3.8) is 0 Å². The molecule has 1 amide bonds. The number of hydrogen-bond donors (Lipinski definition) is 1. The van der Waals surface area contributed by atoms with Crippen molar-refractivity contribution in [1.82, 2.24) is 5.32 Å². The minimum absolute atomic E-state index is 0.0870. The molecule has 1 aliphatic carbocycles. The number of aliphatic imine (C=N–C) groups is 1. The third-order valence-electron chi connectivity index (χ3n) is 2.95. The molecule has 2 atom stereocenters. The molecule has 1 N–H and O–H groups in total. The maximum atomic E-state index is 11.9. The van der Waals surface area contributed by atoms with E-state index in [0.717, 1.165) is 25.7 Å². The summed E-state index contributed by atoms with van der Waals surface area (Å²) in [5.41, 5.74) is -0.344. The van der Waals surface area contributed by atoms with Crippen molar-refractivity contribution in [1.29, 1.82) is 0 Å². The molecular formula is C12H20N2OS. The number of thiocarbonyl (C=S) groups is 1. The molecule has 0 aromatic carbocycles. The van der Waals surface area contributed by atoms with Gasteiger partial charge < -0.3 is 5.32 Å². The fourth-order valence-corrected chi connectivity index (χ4v) is 2.02. The van der Waals surface area contributed by atoms with Crippen LogP contribution in [0.1, 0.15) is 46.5 Å². The van der Waals surface area contributed by atoms with E-state index < -0.39 is 0 Å². The molecule has 0 unspecified atom stereocenters. The molecule has 0 heterocycles. The number of isothiocyanates is 1. The zero-order valence-electron chi connectivity index (χ0n) is 10.2. The lowest BCUT2D eigenvalue weighted by molar-refractivity contribution is -0.129. The van der Waals surface area contributed by atoms with Crippen LogP contribution < -0.4 is 5.32 Å². The lowest BCUT2D eigenvalue weighted by Crippen LogP contribution is -2.48. The molecule has 3 nitrogen and oxygen atoms in total. The summed E-state index contributed by atoms with van der Waals surface area (Å²) in [4.78, 5) is 16.0. The van der Waals surface area contributed by atoms with Gasteiger partial charge in [0.05, 0.1) is 17.2 Å². The maximum Gasteiger partial charge on any atom is 0.225 e. The topological polar surface area (TPSA) is 41.5 Å². The van der Waals surface area contributed by atoms with Crippen LogP contribution in [0.3, 0.4) is 0 Å². The SMILES string of the molecule is CC(C)(C)C(=O)N[C@H]1CCCC[C@@H]1N=C=S. The van der Waals surface area contributed by atoms with Gasteiger partial charge in [-0.3, -0.25) is 4.79 Å². The Labute approximate surface area is 103 Å². The van der Waals surface area contributed by atoms with Crippen LogP contribution in [-0.4, -0.2) is 23.2 Å². The highest BCUT2D eigenvalue weighted by atomic mass is 32.1. The first-order valence-electron chi connectivity index (χ1n) is 5.83. The van der Waals surface area contributed by atoms with Crippen LogP contribution in [0.25, 0.3) is 0 Å². The Bertz CT molecular complexity index is 303. The highest BCUT2D eigenvalue weighted by Crippen LogP contribution is 2.22. The van der Waals surface area contributed by atoms with E-state index >= 15 is 0 Å². The highest BCUT2D eigenvalue weighted by molar-refractivity contribution is 7.78. The monoisotopic (exact) mass is 240 g/mol. The molecule has 0 aliphatic heterocycles. The van der Waals surface area contributed by atoms with Gasteiger partial charge >= 0.3 is 0 Å². The van der Waals surface area contributed by atoms with Gasteiger partial charge in [0.2, 0.25) is 5.91 Å². The minimum atomic E-state index is -0.344. The van der Waals surface area contributed by atoms with Gasteiger partial charge in [0.25, 0.3) is 0 Å². The van der Waals surface area contributed by atoms with Gasteiger partial charge in [0.1, 0.15) is 0 Å². The first-order valence-corrected chi connectivity index (χ1v) is 6.24. The second-order valence-electron chi connectivity index (χ2n) is 5.40. The molecule has 0 aromatic heterocycles. The summed E-state index contributed by atoms with van der Waals surface area (Å²) in [5.74, 6) is 0.0870. The van der Waals surface area contributed by atoms with Crippen LogP contribution >= 0.6 is 12.2 Å². The van der Waals surface area contributed by atoms with E-state index in [1.54, 1.807) is 0 Å². The van der Waals surface area contributed by atoms with Crippen LogP contribution in [-0.2, 0) is 4.79 Å². The summed E-state index contributed by atoms with van der Waals surface area (Å²) in [6.45, 7) is 5.76. The molecule has 1 fully saturated rings. The molecular weight excluding hydrogens is 220 g/mol. The summed E-state index contributed by atoms with van der Waals surface area (Å²) in [6, 6.07) is 0.258. The van der Waals surface area contributed by atoms with E-state index in [9.17, 15) is 4.79 Å². The van der Waals surface area contributed by atoms with Gasteiger partial charge in [0, 0.05) is 5.41 Å². The molecule has 0 bridgehead atoms. The Morgan fingerprint density at radius 1 is 1.38 bits per heavy atom. The molecule has 4 heteroatoms. The van der Waals surface area contributed by atoms with E-state index in [1.807, 2.05) is 20.8 Å². The van der Waals surface area contributed by atoms with Crippen molar-refractivity contribution in [2.45, 2.75) is 58.5 Å². The van der Waals surface area contributed by atoms with Crippen molar-refractivity contribution in [2.24, 2.45) is 10.4 Å². The Hall–Kier alpha value is -0.730. The predicted octanol–water partition coefficient (Wildman–Crippen LogP) is 2.56. The van der Waals surface area contributed by atoms with Gasteiger partial charge in [-0.25, -0.2) is 4.99 Å². The Kier molecular flexibility index (Phi) is 4.63. The third kappa shape index (κ3) is 3.69. The quantitative estimate of drug-likeness (QED) is 0.595. The van der Waals surface area contributed by atoms with Crippen molar-refractivity contribution in [3.8, 4) is 0 Å². The van der Waals surface area contributed by atoms with Gasteiger partial charge in [-0.15, -0.1) is 0 Å². The van der Waals surface area contributed by atoms with Gasteiger partial charge in [-0.1, -0.05) is 33.6 Å². The Morgan fingerprint density at radius 3 is 2.56 bits per heavy atom. The summed E-state index contributed by atoms with van der Waals surface area (Å²) in [7, 11) is 0. The van der Waals surface area contributed by atoms with Crippen LogP contribution in [0, 0.1) is 5.41 Å². The number of hydrogen-bond acceptors (Lipinski definition) is 3. The molecule has 1 saturated carbocycles. The van der Waals surface area contributed by atoms with Crippen molar-refractivity contribution >= 4 is 23.3 Å². The van der Waals surface area contributed by atoms with E-state index in [1.165, 1.54) is 0 Å². The highest BCUT2D eigenvalue weighted by Gasteiger charge is 2.29. The first kappa shape index (κ1) is 13.3. The number of nitrogens with zero attached hydrogens (tertiary/aromatic N) is 1. The summed E-state index contributed by atoms with van der Waals surface area (Å²) in [5, 5.41) is 5.51. The van der Waals surface area contributed by atoms with Gasteiger partial charge in [-0.05, 0) is 25.1 Å². The van der Waals surface area contributed by atoms with Crippen LogP contribution in [0.5, 0.6) is 0 Å². The van der Waals surface area contributed by atoms with E-state index in [2.05, 4.69) is 27.7 Å². The minimum Gasteiger partial charge on any atom is -0.351 e. The van der Waals surface area contributed by atoms with Crippen molar-refractivity contribution < 1.29 is 4.79 Å². The molecule has 16 heavy (non-hydrogen) atoms. The van der Waals surface area contributed by atoms with E-state index in [4.69, 9.17) is 0 Å². The Morgan fingerprint density at radius 2 is 2.00 bits per heavy atom. The largest absolute Gasteiger partial charge is 0.351 e. The number of rotatable bonds is 2. The summed E-state index contributed by atoms with van der Waals surface area (Å²) in [6.07, 6.45) is 4.30. The average molecular weight is 240 g/mol. The van der Waals surface area contributed by atoms with E-state index in [0.29, 0.717) is 0 Å². The normalized spacial score (nSPS) is 25.7. The van der Waals surface area contributed by atoms with Crippen molar-refractivity contribution in [3.05, 3.63) is 0 Å². The molecule has 1 rings (SSSR count). The molecule has 0 spiro atoms. The second-order valence-corrected chi connectivity index (χ2v) is 5.58. The molecule has 0 aromatic rings. The number of carbonyl (C=O) groups excluding carboxylic acids is 1. The fraction of sp³-hybridized carbons (Fsp3) is 0.833. The lowest BCUT2D eigenvalue weighted by Gasteiger charge is -2.31. The molecule has 1 aliphatic rings. The average Bonchev–Trinajstić information content (AvgIpc) is 2.20. The van der Waals surface area contributed by atoms with Gasteiger partial charge in [0.15, 0.2) is 0 Å². The first-order chi connectivity index (χ1) is 7.45. The summed E-state index contributed by atoms with van der Waals surface area (Å²) >= 11 is 4.64. The Balaban J connectivity index is 2.63. The van der Waals surface area contributed by atoms with Crippen LogP contribution in [0.2, 0.25) is 0 Å². The third-order valence-corrected chi connectivity index (χ3v) is 3.05. The van der Waals surface area contributed by atoms with Gasteiger partial charge in [-0.2, -0.15) is 0 Å². The molecule has 0 saturated heterocycles. The zero-order valence-corrected chi connectivity index (χ0v) is 11.1. The molecule has 90 valence electrons. The molecule has 0 radical (unpaired) electrons. The van der Waals surface area contributed by atoms with Crippen LogP contribution in [0.15, 0.2) is 4.99 Å². The second kappa shape index (κ2) is 5.55. The maximum absolute atomic E-state index is 11.9. The number of amides is 1. The number of nitrogens with one attached hydrogen (secondary N) is 1. The zero-order chi connectivity index (χ0) is 12.2. The summed E-state index contributed by atoms with van der Waals surface area (Å²) < 4.78 is 0. The standard InChI is InChI=1S/C12H20N2OS/c1-12(2,3)11(15)14-10-7-5-4-6-9(10)13-8-16/h9-10H,4-7H2,1-3H3,(H,14,15)/t9-,10-/m0/s1. The fourth-order valence-electron chi connectivity index (χ4n) is 1.89.